The highest BCUT2D eigenvalue weighted by atomic mass is 15.3. The van der Waals surface area contributed by atoms with E-state index < -0.39 is 0 Å². The van der Waals surface area contributed by atoms with Gasteiger partial charge in [0.25, 0.3) is 0 Å². The van der Waals surface area contributed by atoms with E-state index in [9.17, 15) is 0 Å². The van der Waals surface area contributed by atoms with Crippen molar-refractivity contribution < 1.29 is 0 Å². The molecule has 0 radical (unpaired) electrons. The molecule has 0 spiro atoms. The lowest BCUT2D eigenvalue weighted by Crippen LogP contribution is -2.52. The quantitative estimate of drug-likeness (QED) is 0.861. The summed E-state index contributed by atoms with van der Waals surface area (Å²) in [6.45, 7) is 8.79. The molecule has 1 aromatic carbocycles. The van der Waals surface area contributed by atoms with Crippen molar-refractivity contribution in [3.63, 3.8) is 0 Å². The van der Waals surface area contributed by atoms with Gasteiger partial charge >= 0.3 is 0 Å². The third-order valence-electron chi connectivity index (χ3n) is 4.16. The fourth-order valence-electron chi connectivity index (χ4n) is 2.76. The number of nitrogens with zero attached hydrogens (tertiary/aromatic N) is 2. The molecule has 1 fully saturated rings. The van der Waals surface area contributed by atoms with Gasteiger partial charge in [-0.05, 0) is 18.5 Å². The summed E-state index contributed by atoms with van der Waals surface area (Å²) in [7, 11) is 0. The Kier molecular flexibility index (Phi) is 6.25. The number of nitrogens with two attached hydrogens (primary N) is 1. The Bertz CT molecular complexity index is 394. The molecule has 1 saturated heterocycles. The van der Waals surface area contributed by atoms with Crippen LogP contribution in [0, 0.1) is 0 Å². The van der Waals surface area contributed by atoms with Crippen LogP contribution in [-0.4, -0.2) is 55.1 Å². The molecule has 2 rings (SSSR count). The molecular weight excluding hydrogens is 246 g/mol. The van der Waals surface area contributed by atoms with Crippen molar-refractivity contribution >= 4 is 6.08 Å². The summed E-state index contributed by atoms with van der Waals surface area (Å²) in [6.07, 6.45) is 5.50. The highest BCUT2D eigenvalue weighted by Gasteiger charge is 2.21. The van der Waals surface area contributed by atoms with Crippen molar-refractivity contribution in [2.24, 2.45) is 5.73 Å². The zero-order valence-corrected chi connectivity index (χ0v) is 12.5. The second-order valence-electron chi connectivity index (χ2n) is 5.41. The third kappa shape index (κ3) is 4.44. The number of piperazine rings is 1. The van der Waals surface area contributed by atoms with Gasteiger partial charge in [0.15, 0.2) is 0 Å². The van der Waals surface area contributed by atoms with E-state index in [2.05, 4.69) is 53.1 Å². The van der Waals surface area contributed by atoms with E-state index in [1.807, 2.05) is 6.07 Å². The van der Waals surface area contributed by atoms with Crippen molar-refractivity contribution in [3.05, 3.63) is 42.0 Å². The minimum atomic E-state index is 0.481. The summed E-state index contributed by atoms with van der Waals surface area (Å²) in [4.78, 5) is 5.05. The first-order valence-electron chi connectivity index (χ1n) is 7.71. The Hall–Kier alpha value is -1.16. The maximum Gasteiger partial charge on any atom is 0.0254 e. The summed E-state index contributed by atoms with van der Waals surface area (Å²) in [5, 5.41) is 0. The van der Waals surface area contributed by atoms with E-state index in [-0.39, 0.29) is 0 Å². The first-order valence-corrected chi connectivity index (χ1v) is 7.71. The van der Waals surface area contributed by atoms with Crippen LogP contribution in [0.15, 0.2) is 36.4 Å². The first-order chi connectivity index (χ1) is 9.83. The van der Waals surface area contributed by atoms with Crippen LogP contribution in [0.2, 0.25) is 0 Å². The summed E-state index contributed by atoms with van der Waals surface area (Å²) in [5.74, 6) is 0. The topological polar surface area (TPSA) is 32.5 Å². The van der Waals surface area contributed by atoms with E-state index in [1.165, 1.54) is 18.7 Å². The van der Waals surface area contributed by atoms with Gasteiger partial charge in [-0.2, -0.15) is 0 Å². The number of hydrogen-bond acceptors (Lipinski definition) is 3. The monoisotopic (exact) mass is 273 g/mol. The second-order valence-corrected chi connectivity index (χ2v) is 5.41. The Balaban J connectivity index is 1.82. The Morgan fingerprint density at radius 1 is 1.15 bits per heavy atom. The van der Waals surface area contributed by atoms with Crippen LogP contribution in [0.5, 0.6) is 0 Å². The Morgan fingerprint density at radius 3 is 2.45 bits per heavy atom. The van der Waals surface area contributed by atoms with E-state index in [0.29, 0.717) is 6.04 Å². The van der Waals surface area contributed by atoms with Gasteiger partial charge in [-0.1, -0.05) is 49.4 Å². The van der Waals surface area contributed by atoms with E-state index >= 15 is 0 Å². The maximum atomic E-state index is 5.96. The molecule has 0 saturated carbocycles. The SMILES string of the molecule is CCN1CCN(C(CN)C/C=C\c2ccccc2)CC1. The molecule has 0 amide bonds. The predicted octanol–water partition coefficient (Wildman–Crippen LogP) is 2.05. The van der Waals surface area contributed by atoms with Crippen LogP contribution < -0.4 is 5.73 Å². The number of hydrogen-bond donors (Lipinski definition) is 1. The maximum absolute atomic E-state index is 5.96. The number of likely N-dealkylation sites (N-methyl/N-ethyl adjacent to an activating group) is 1. The zero-order valence-electron chi connectivity index (χ0n) is 12.5. The highest BCUT2D eigenvalue weighted by molar-refractivity contribution is 5.48. The van der Waals surface area contributed by atoms with Gasteiger partial charge in [0, 0.05) is 38.8 Å². The predicted molar refractivity (Wildman–Crippen MR) is 86.6 cm³/mol. The molecule has 0 bridgehead atoms. The minimum absolute atomic E-state index is 0.481. The fraction of sp³-hybridized carbons (Fsp3) is 0.529. The van der Waals surface area contributed by atoms with E-state index in [0.717, 1.165) is 32.6 Å². The van der Waals surface area contributed by atoms with E-state index in [1.54, 1.807) is 0 Å². The molecule has 2 N–H and O–H groups in total. The molecule has 1 heterocycles. The van der Waals surface area contributed by atoms with Crippen molar-refractivity contribution in [1.82, 2.24) is 9.80 Å². The molecule has 1 unspecified atom stereocenters. The average Bonchev–Trinajstić information content (AvgIpc) is 2.53. The second kappa shape index (κ2) is 8.20. The fourth-order valence-corrected chi connectivity index (χ4v) is 2.76. The van der Waals surface area contributed by atoms with Gasteiger partial charge in [-0.3, -0.25) is 4.90 Å². The third-order valence-corrected chi connectivity index (χ3v) is 4.16. The minimum Gasteiger partial charge on any atom is -0.329 e. The van der Waals surface area contributed by atoms with Crippen molar-refractivity contribution in [2.75, 3.05) is 39.3 Å². The molecule has 20 heavy (non-hydrogen) atoms. The van der Waals surface area contributed by atoms with Gasteiger partial charge < -0.3 is 10.6 Å². The molecule has 110 valence electrons. The summed E-state index contributed by atoms with van der Waals surface area (Å²) >= 11 is 0. The summed E-state index contributed by atoms with van der Waals surface area (Å²) in [5.41, 5.74) is 7.22. The van der Waals surface area contributed by atoms with Crippen LogP contribution in [0.4, 0.5) is 0 Å². The van der Waals surface area contributed by atoms with Gasteiger partial charge in [0.05, 0.1) is 0 Å². The molecule has 1 atom stereocenters. The zero-order chi connectivity index (χ0) is 14.2. The molecule has 0 aromatic heterocycles. The molecule has 1 aliphatic rings. The molecule has 1 aliphatic heterocycles. The Morgan fingerprint density at radius 2 is 1.85 bits per heavy atom. The van der Waals surface area contributed by atoms with Crippen LogP contribution in [-0.2, 0) is 0 Å². The van der Waals surface area contributed by atoms with Gasteiger partial charge in [-0.25, -0.2) is 0 Å². The summed E-state index contributed by atoms with van der Waals surface area (Å²) in [6, 6.07) is 10.9. The summed E-state index contributed by atoms with van der Waals surface area (Å²) < 4.78 is 0. The highest BCUT2D eigenvalue weighted by Crippen LogP contribution is 2.10. The van der Waals surface area contributed by atoms with Crippen LogP contribution in [0.1, 0.15) is 18.9 Å². The van der Waals surface area contributed by atoms with Gasteiger partial charge in [0.1, 0.15) is 0 Å². The number of rotatable bonds is 6. The van der Waals surface area contributed by atoms with Crippen molar-refractivity contribution in [1.29, 1.82) is 0 Å². The Labute approximate surface area is 123 Å². The van der Waals surface area contributed by atoms with Crippen molar-refractivity contribution in [2.45, 2.75) is 19.4 Å². The molecule has 1 aromatic rings. The molecule has 0 aliphatic carbocycles. The lowest BCUT2D eigenvalue weighted by molar-refractivity contribution is 0.103. The standard InChI is InChI=1S/C17H27N3/c1-2-19-11-13-20(14-12-19)17(15-18)10-6-9-16-7-4-3-5-8-16/h3-9,17H,2,10-15,18H2,1H3/b9-6-. The van der Waals surface area contributed by atoms with Gasteiger partial charge in [0.2, 0.25) is 0 Å². The van der Waals surface area contributed by atoms with E-state index in [4.69, 9.17) is 5.73 Å². The van der Waals surface area contributed by atoms with Crippen molar-refractivity contribution in [3.8, 4) is 0 Å². The lowest BCUT2D eigenvalue weighted by Gasteiger charge is -2.38. The van der Waals surface area contributed by atoms with Crippen LogP contribution in [0.25, 0.3) is 6.08 Å². The normalized spacial score (nSPS) is 19.5. The lowest BCUT2D eigenvalue weighted by atomic mass is 10.1. The first kappa shape index (κ1) is 15.2. The molecular formula is C17H27N3. The molecule has 3 nitrogen and oxygen atoms in total. The average molecular weight is 273 g/mol. The smallest absolute Gasteiger partial charge is 0.0254 e. The number of benzene rings is 1. The van der Waals surface area contributed by atoms with Gasteiger partial charge in [-0.15, -0.1) is 0 Å². The largest absolute Gasteiger partial charge is 0.329 e. The van der Waals surface area contributed by atoms with Crippen LogP contribution >= 0.6 is 0 Å². The molecule has 3 heteroatoms. The van der Waals surface area contributed by atoms with Crippen LogP contribution in [0.3, 0.4) is 0 Å².